The lowest BCUT2D eigenvalue weighted by Gasteiger charge is -2.10. The van der Waals surface area contributed by atoms with Crippen LogP contribution < -0.4 is 15.4 Å². The Hall–Kier alpha value is -3.35. The highest BCUT2D eigenvalue weighted by atomic mass is 16.5. The number of carbonyl (C=O) groups is 2. The summed E-state index contributed by atoms with van der Waals surface area (Å²) in [4.78, 5) is 29.0. The Kier molecular flexibility index (Phi) is 6.49. The molecule has 0 radical (unpaired) electrons. The van der Waals surface area contributed by atoms with Crippen molar-refractivity contribution in [2.75, 3.05) is 6.54 Å². The number of fused-ring (bicyclic) bond motifs is 1. The summed E-state index contributed by atoms with van der Waals surface area (Å²) in [7, 11) is 0. The number of ether oxygens (including phenoxy) is 1. The number of nitrogens with zero attached hydrogens (tertiary/aromatic N) is 2. The maximum absolute atomic E-state index is 12.2. The van der Waals surface area contributed by atoms with Gasteiger partial charge in [-0.15, -0.1) is 0 Å². The highest BCUT2D eigenvalue weighted by Gasteiger charge is 2.12. The summed E-state index contributed by atoms with van der Waals surface area (Å²) in [5.41, 5.74) is 2.41. The molecule has 0 aliphatic carbocycles. The van der Waals surface area contributed by atoms with Gasteiger partial charge in [-0.05, 0) is 57.2 Å². The topological polar surface area (TPSA) is 85.2 Å². The molecule has 1 aromatic heterocycles. The fourth-order valence-corrected chi connectivity index (χ4v) is 3.07. The van der Waals surface area contributed by atoms with E-state index in [1.165, 1.54) is 0 Å². The molecule has 3 aromatic rings. The Morgan fingerprint density at radius 3 is 2.48 bits per heavy atom. The molecule has 0 saturated heterocycles. The van der Waals surface area contributed by atoms with E-state index >= 15 is 0 Å². The van der Waals surface area contributed by atoms with Gasteiger partial charge in [0.05, 0.1) is 30.2 Å². The van der Waals surface area contributed by atoms with E-state index in [-0.39, 0.29) is 24.5 Å². The molecule has 0 unspecified atom stereocenters. The number of rotatable bonds is 8. The number of hydrogen-bond acceptors (Lipinski definition) is 4. The van der Waals surface area contributed by atoms with Crippen LogP contribution in [0.3, 0.4) is 0 Å². The number of aromatic nitrogens is 2. The second-order valence-electron chi connectivity index (χ2n) is 6.91. The molecule has 2 amide bonds. The first-order chi connectivity index (χ1) is 14.0. The van der Waals surface area contributed by atoms with Gasteiger partial charge in [-0.3, -0.25) is 9.59 Å². The minimum absolute atomic E-state index is 0.0688. The van der Waals surface area contributed by atoms with Gasteiger partial charge in [0.15, 0.2) is 0 Å². The molecule has 2 N–H and O–H groups in total. The lowest BCUT2D eigenvalue weighted by atomic mass is 10.2. The highest BCUT2D eigenvalue weighted by molar-refractivity contribution is 5.96. The van der Waals surface area contributed by atoms with E-state index in [0.29, 0.717) is 17.9 Å². The molecule has 7 heteroatoms. The molecule has 0 aliphatic rings. The SMILES string of the molecule is CCn1c(CNC(=O)CNC(=O)c2ccc(OC(C)C)cc2)nc2ccccc21. The van der Waals surface area contributed by atoms with Crippen LogP contribution in [0.15, 0.2) is 48.5 Å². The molecular weight excluding hydrogens is 368 g/mol. The molecular formula is C22H26N4O3. The van der Waals surface area contributed by atoms with Crippen LogP contribution in [-0.2, 0) is 17.9 Å². The van der Waals surface area contributed by atoms with Crippen molar-refractivity contribution in [2.24, 2.45) is 0 Å². The summed E-state index contributed by atoms with van der Waals surface area (Å²) in [6, 6.07) is 14.7. The second kappa shape index (κ2) is 9.23. The fourth-order valence-electron chi connectivity index (χ4n) is 3.07. The molecule has 7 nitrogen and oxygen atoms in total. The van der Waals surface area contributed by atoms with E-state index < -0.39 is 0 Å². The molecule has 0 spiro atoms. The number of hydrogen-bond donors (Lipinski definition) is 2. The normalized spacial score (nSPS) is 10.9. The Labute approximate surface area is 170 Å². The quantitative estimate of drug-likeness (QED) is 0.615. The molecule has 29 heavy (non-hydrogen) atoms. The zero-order valence-electron chi connectivity index (χ0n) is 16.9. The largest absolute Gasteiger partial charge is 0.491 e. The third-order valence-electron chi connectivity index (χ3n) is 4.39. The van der Waals surface area contributed by atoms with Gasteiger partial charge < -0.3 is 19.9 Å². The minimum atomic E-state index is -0.308. The minimum Gasteiger partial charge on any atom is -0.491 e. The Morgan fingerprint density at radius 1 is 1.07 bits per heavy atom. The first kappa shape index (κ1) is 20.4. The molecule has 0 saturated carbocycles. The zero-order chi connectivity index (χ0) is 20.8. The van der Waals surface area contributed by atoms with Gasteiger partial charge in [-0.25, -0.2) is 4.98 Å². The van der Waals surface area contributed by atoms with E-state index in [4.69, 9.17) is 4.74 Å². The summed E-state index contributed by atoms with van der Waals surface area (Å²) in [6.07, 6.45) is 0.0688. The maximum Gasteiger partial charge on any atom is 0.251 e. The lowest BCUT2D eigenvalue weighted by Crippen LogP contribution is -2.37. The molecule has 3 rings (SSSR count). The first-order valence-corrected chi connectivity index (χ1v) is 9.73. The van der Waals surface area contributed by atoms with E-state index in [1.54, 1.807) is 24.3 Å². The van der Waals surface area contributed by atoms with Crippen LogP contribution in [0, 0.1) is 0 Å². The van der Waals surface area contributed by atoms with Crippen molar-refractivity contribution >= 4 is 22.8 Å². The van der Waals surface area contributed by atoms with Crippen LogP contribution in [0.2, 0.25) is 0 Å². The first-order valence-electron chi connectivity index (χ1n) is 9.73. The Balaban J connectivity index is 1.52. The smallest absolute Gasteiger partial charge is 0.251 e. The number of imidazole rings is 1. The molecule has 0 bridgehead atoms. The van der Waals surface area contributed by atoms with Crippen molar-refractivity contribution in [1.29, 1.82) is 0 Å². The molecule has 1 heterocycles. The molecule has 2 aromatic carbocycles. The second-order valence-corrected chi connectivity index (χ2v) is 6.91. The average molecular weight is 394 g/mol. The van der Waals surface area contributed by atoms with Crippen LogP contribution in [-0.4, -0.2) is 34.0 Å². The number of amides is 2. The lowest BCUT2D eigenvalue weighted by molar-refractivity contribution is -0.120. The van der Waals surface area contributed by atoms with Crippen molar-refractivity contribution in [2.45, 2.75) is 40.0 Å². The van der Waals surface area contributed by atoms with Crippen molar-refractivity contribution in [3.8, 4) is 5.75 Å². The van der Waals surface area contributed by atoms with E-state index in [2.05, 4.69) is 20.2 Å². The number of para-hydroxylation sites is 2. The average Bonchev–Trinajstić information content (AvgIpc) is 3.08. The summed E-state index contributed by atoms with van der Waals surface area (Å²) < 4.78 is 7.62. The molecule has 0 aliphatic heterocycles. The molecule has 0 fully saturated rings. The predicted molar refractivity (Wildman–Crippen MR) is 112 cm³/mol. The van der Waals surface area contributed by atoms with Gasteiger partial charge in [-0.1, -0.05) is 12.1 Å². The summed E-state index contributed by atoms with van der Waals surface area (Å²) in [6.45, 7) is 6.88. The van der Waals surface area contributed by atoms with E-state index in [1.807, 2.05) is 45.0 Å². The van der Waals surface area contributed by atoms with Crippen LogP contribution in [0.5, 0.6) is 5.75 Å². The zero-order valence-corrected chi connectivity index (χ0v) is 16.9. The van der Waals surface area contributed by atoms with Gasteiger partial charge >= 0.3 is 0 Å². The van der Waals surface area contributed by atoms with Crippen molar-refractivity contribution in [1.82, 2.24) is 20.2 Å². The van der Waals surface area contributed by atoms with Crippen LogP contribution >= 0.6 is 0 Å². The third kappa shape index (κ3) is 5.13. The van der Waals surface area contributed by atoms with Gasteiger partial charge in [0, 0.05) is 12.1 Å². The van der Waals surface area contributed by atoms with Gasteiger partial charge in [0.2, 0.25) is 5.91 Å². The van der Waals surface area contributed by atoms with Crippen LogP contribution in [0.25, 0.3) is 11.0 Å². The number of benzene rings is 2. The predicted octanol–water partition coefficient (Wildman–Crippen LogP) is 2.89. The fraction of sp³-hybridized carbons (Fsp3) is 0.318. The standard InChI is InChI=1S/C22H26N4O3/c1-4-26-19-8-6-5-7-18(19)25-20(26)13-23-21(27)14-24-22(28)16-9-11-17(12-10-16)29-15(2)3/h5-12,15H,4,13-14H2,1-3H3,(H,23,27)(H,24,28). The highest BCUT2D eigenvalue weighted by Crippen LogP contribution is 2.16. The van der Waals surface area contributed by atoms with Gasteiger partial charge in [-0.2, -0.15) is 0 Å². The van der Waals surface area contributed by atoms with Gasteiger partial charge in [0.25, 0.3) is 5.91 Å². The number of carbonyl (C=O) groups excluding carboxylic acids is 2. The van der Waals surface area contributed by atoms with Crippen molar-refractivity contribution < 1.29 is 14.3 Å². The van der Waals surface area contributed by atoms with Crippen molar-refractivity contribution in [3.05, 3.63) is 59.9 Å². The number of aryl methyl sites for hydroxylation is 1. The Morgan fingerprint density at radius 2 is 1.79 bits per heavy atom. The summed E-state index contributed by atoms with van der Waals surface area (Å²) >= 11 is 0. The maximum atomic E-state index is 12.2. The van der Waals surface area contributed by atoms with E-state index in [9.17, 15) is 9.59 Å². The summed E-state index contributed by atoms with van der Waals surface area (Å²) in [5, 5.41) is 5.45. The van der Waals surface area contributed by atoms with Crippen molar-refractivity contribution in [3.63, 3.8) is 0 Å². The monoisotopic (exact) mass is 394 g/mol. The van der Waals surface area contributed by atoms with Gasteiger partial charge in [0.1, 0.15) is 11.6 Å². The third-order valence-corrected chi connectivity index (χ3v) is 4.39. The van der Waals surface area contributed by atoms with Crippen LogP contribution in [0.4, 0.5) is 0 Å². The van der Waals surface area contributed by atoms with Crippen LogP contribution in [0.1, 0.15) is 37.0 Å². The molecule has 152 valence electrons. The molecule has 0 atom stereocenters. The summed E-state index contributed by atoms with van der Waals surface area (Å²) in [5.74, 6) is 0.909. The Bertz CT molecular complexity index is 993. The van der Waals surface area contributed by atoms with E-state index in [0.717, 1.165) is 23.4 Å². The number of nitrogens with one attached hydrogen (secondary N) is 2.